The molecule has 1 aliphatic carbocycles. The van der Waals surface area contributed by atoms with Crippen molar-refractivity contribution in [3.8, 4) is 0 Å². The van der Waals surface area contributed by atoms with Crippen LogP contribution < -0.4 is 5.32 Å². The summed E-state index contributed by atoms with van der Waals surface area (Å²) in [5, 5.41) is 25.1. The van der Waals surface area contributed by atoms with Crippen molar-refractivity contribution in [3.05, 3.63) is 60.0 Å². The molecule has 0 saturated heterocycles. The number of carbonyl (C=O) groups excluding carboxylic acids is 2. The van der Waals surface area contributed by atoms with Crippen LogP contribution >= 0.6 is 11.3 Å². The van der Waals surface area contributed by atoms with Crippen LogP contribution in [0.4, 0.5) is 16.4 Å². The number of amides is 1. The minimum absolute atomic E-state index is 0.168. The first-order valence-corrected chi connectivity index (χ1v) is 10.1. The average Bonchev–Trinajstić information content (AvgIpc) is 3.04. The number of hydrogen-bond donors (Lipinski definition) is 1. The summed E-state index contributed by atoms with van der Waals surface area (Å²) < 4.78 is 5.14. The zero-order valence-electron chi connectivity index (χ0n) is 16.3. The van der Waals surface area contributed by atoms with Gasteiger partial charge in [0.15, 0.2) is 0 Å². The molecule has 1 aromatic carbocycles. The van der Waals surface area contributed by atoms with Crippen LogP contribution in [0.5, 0.6) is 0 Å². The third-order valence-electron chi connectivity index (χ3n) is 4.85. The Hall–Kier alpha value is -3.34. The molecule has 0 fully saturated rings. The summed E-state index contributed by atoms with van der Waals surface area (Å²) >= 11 is 1.25. The van der Waals surface area contributed by atoms with Crippen molar-refractivity contribution >= 4 is 39.6 Å². The minimum Gasteiger partial charge on any atom is -0.462 e. The number of nitrogens with zero attached hydrogens (tertiary/aromatic N) is 2. The largest absolute Gasteiger partial charge is 0.462 e. The van der Waals surface area contributed by atoms with Crippen molar-refractivity contribution in [3.63, 3.8) is 0 Å². The van der Waals surface area contributed by atoms with Gasteiger partial charge in [0.25, 0.3) is 17.3 Å². The van der Waals surface area contributed by atoms with E-state index in [1.807, 2.05) is 0 Å². The molecule has 0 spiro atoms. The topological polar surface area (TPSA) is 142 Å². The minimum atomic E-state index is -0.852. The van der Waals surface area contributed by atoms with Crippen LogP contribution in [0, 0.1) is 26.1 Å². The van der Waals surface area contributed by atoms with E-state index >= 15 is 0 Å². The molecule has 3 rings (SSSR count). The molecule has 0 radical (unpaired) electrons. The Kier molecular flexibility index (Phi) is 6.11. The van der Waals surface area contributed by atoms with E-state index in [1.165, 1.54) is 11.3 Å². The van der Waals surface area contributed by atoms with Gasteiger partial charge in [-0.25, -0.2) is 4.79 Å². The van der Waals surface area contributed by atoms with Gasteiger partial charge in [-0.2, -0.15) is 0 Å². The smallest absolute Gasteiger partial charge is 0.341 e. The van der Waals surface area contributed by atoms with Crippen LogP contribution in [-0.2, 0) is 17.6 Å². The van der Waals surface area contributed by atoms with E-state index in [9.17, 15) is 29.8 Å². The Balaban J connectivity index is 2.00. The van der Waals surface area contributed by atoms with Crippen molar-refractivity contribution in [1.29, 1.82) is 0 Å². The fourth-order valence-electron chi connectivity index (χ4n) is 3.41. The fraction of sp³-hybridized carbons (Fsp3) is 0.368. The van der Waals surface area contributed by atoms with Gasteiger partial charge in [-0.1, -0.05) is 6.92 Å². The predicted molar refractivity (Wildman–Crippen MR) is 109 cm³/mol. The Bertz CT molecular complexity index is 1050. The lowest BCUT2D eigenvalue weighted by Gasteiger charge is -2.18. The number of nitro groups is 2. The van der Waals surface area contributed by atoms with Crippen molar-refractivity contribution in [1.82, 2.24) is 0 Å². The summed E-state index contributed by atoms with van der Waals surface area (Å²) in [5.41, 5.74) is -0.396. The van der Waals surface area contributed by atoms with Gasteiger partial charge in [-0.05, 0) is 43.7 Å². The van der Waals surface area contributed by atoms with E-state index < -0.39 is 33.1 Å². The highest BCUT2D eigenvalue weighted by atomic mass is 32.1. The number of nitrogens with one attached hydrogen (secondary N) is 1. The normalized spacial score (nSPS) is 15.2. The second-order valence-corrected chi connectivity index (χ2v) is 8.05. The zero-order valence-corrected chi connectivity index (χ0v) is 17.1. The van der Waals surface area contributed by atoms with Gasteiger partial charge in [0, 0.05) is 10.9 Å². The number of anilines is 1. The number of benzene rings is 1. The number of non-ortho nitro benzene ring substituents is 1. The molecule has 1 aromatic heterocycles. The molecular weight excluding hydrogens is 414 g/mol. The Labute approximate surface area is 175 Å². The van der Waals surface area contributed by atoms with E-state index in [2.05, 4.69) is 12.2 Å². The molecule has 1 atom stereocenters. The highest BCUT2D eigenvalue weighted by Crippen LogP contribution is 2.40. The van der Waals surface area contributed by atoms with E-state index in [-0.39, 0.29) is 22.7 Å². The summed E-state index contributed by atoms with van der Waals surface area (Å²) in [7, 11) is 0. The molecule has 1 heterocycles. The van der Waals surface area contributed by atoms with Crippen molar-refractivity contribution in [2.24, 2.45) is 5.92 Å². The highest BCUT2D eigenvalue weighted by Gasteiger charge is 2.31. The molecule has 30 heavy (non-hydrogen) atoms. The summed E-state index contributed by atoms with van der Waals surface area (Å²) in [6.45, 7) is 3.95. The van der Waals surface area contributed by atoms with Crippen LogP contribution in [0.15, 0.2) is 18.2 Å². The predicted octanol–water partition coefficient (Wildman–Crippen LogP) is 4.12. The summed E-state index contributed by atoms with van der Waals surface area (Å²) in [4.78, 5) is 46.9. The number of hydrogen-bond acceptors (Lipinski definition) is 8. The van der Waals surface area contributed by atoms with Crippen LogP contribution in [0.3, 0.4) is 0 Å². The second-order valence-electron chi connectivity index (χ2n) is 6.95. The molecule has 158 valence electrons. The molecule has 0 saturated carbocycles. The van der Waals surface area contributed by atoms with E-state index in [0.717, 1.165) is 41.5 Å². The van der Waals surface area contributed by atoms with Crippen LogP contribution in [0.25, 0.3) is 0 Å². The van der Waals surface area contributed by atoms with E-state index in [0.29, 0.717) is 12.3 Å². The van der Waals surface area contributed by atoms with Gasteiger partial charge in [-0.15, -0.1) is 11.3 Å². The van der Waals surface area contributed by atoms with Gasteiger partial charge in [0.05, 0.1) is 28.1 Å². The van der Waals surface area contributed by atoms with Crippen LogP contribution in [0.2, 0.25) is 0 Å². The average molecular weight is 433 g/mol. The maximum absolute atomic E-state index is 12.8. The third-order valence-corrected chi connectivity index (χ3v) is 6.02. The Morgan fingerprint density at radius 2 is 2.00 bits per heavy atom. The SMILES string of the molecule is CCOC(=O)c1c(NC(=O)c2ccc([N+](=O)[O-])cc2[N+](=O)[O-])sc2c1CC[C@H](C)C2. The second kappa shape index (κ2) is 8.57. The van der Waals surface area contributed by atoms with Crippen LogP contribution in [-0.4, -0.2) is 28.3 Å². The molecule has 11 heteroatoms. The van der Waals surface area contributed by atoms with Crippen molar-refractivity contribution < 1.29 is 24.2 Å². The molecule has 0 bridgehead atoms. The van der Waals surface area contributed by atoms with Crippen LogP contribution in [0.1, 0.15) is 51.4 Å². The van der Waals surface area contributed by atoms with E-state index in [1.54, 1.807) is 6.92 Å². The first-order valence-electron chi connectivity index (χ1n) is 9.28. The lowest BCUT2D eigenvalue weighted by atomic mass is 9.88. The molecule has 1 N–H and O–H groups in total. The third kappa shape index (κ3) is 4.15. The quantitative estimate of drug-likeness (QED) is 0.410. The first kappa shape index (κ1) is 21.4. The maximum Gasteiger partial charge on any atom is 0.341 e. The number of thiophene rings is 1. The van der Waals surface area contributed by atoms with Gasteiger partial charge < -0.3 is 10.1 Å². The molecule has 2 aromatic rings. The fourth-order valence-corrected chi connectivity index (χ4v) is 4.80. The Morgan fingerprint density at radius 1 is 1.27 bits per heavy atom. The number of nitro benzene ring substituents is 2. The number of fused-ring (bicyclic) bond motifs is 1. The van der Waals surface area contributed by atoms with Crippen molar-refractivity contribution in [2.75, 3.05) is 11.9 Å². The van der Waals surface area contributed by atoms with Crippen molar-refractivity contribution in [2.45, 2.75) is 33.1 Å². The molecule has 10 nitrogen and oxygen atoms in total. The monoisotopic (exact) mass is 433 g/mol. The standard InChI is InChI=1S/C19H19N3O7S/c1-3-29-19(24)16-13-6-4-10(2)8-15(13)30-18(16)20-17(23)12-7-5-11(21(25)26)9-14(12)22(27)28/h5,7,9-10H,3-4,6,8H2,1-2H3,(H,20,23)/t10-/m0/s1. The summed E-state index contributed by atoms with van der Waals surface area (Å²) in [6, 6.07) is 2.79. The lowest BCUT2D eigenvalue weighted by Crippen LogP contribution is -2.17. The lowest BCUT2D eigenvalue weighted by molar-refractivity contribution is -0.394. The van der Waals surface area contributed by atoms with Gasteiger partial charge in [0.1, 0.15) is 10.6 Å². The molecule has 1 amide bonds. The molecular formula is C19H19N3O7S. The zero-order chi connectivity index (χ0) is 22.0. The molecule has 1 aliphatic rings. The number of carbonyl (C=O) groups is 2. The van der Waals surface area contributed by atoms with Gasteiger partial charge >= 0.3 is 5.97 Å². The number of esters is 1. The molecule has 0 unspecified atom stereocenters. The van der Waals surface area contributed by atoms with Gasteiger partial charge in [0.2, 0.25) is 0 Å². The highest BCUT2D eigenvalue weighted by molar-refractivity contribution is 7.17. The van der Waals surface area contributed by atoms with Gasteiger partial charge in [-0.3, -0.25) is 25.0 Å². The summed E-state index contributed by atoms with van der Waals surface area (Å²) in [5.74, 6) is -0.947. The molecule has 0 aliphatic heterocycles. The Morgan fingerprint density at radius 3 is 2.63 bits per heavy atom. The number of ether oxygens (including phenoxy) is 1. The maximum atomic E-state index is 12.8. The van der Waals surface area contributed by atoms with E-state index in [4.69, 9.17) is 4.74 Å². The number of rotatable bonds is 6. The first-order chi connectivity index (χ1) is 14.2. The summed E-state index contributed by atoms with van der Waals surface area (Å²) in [6.07, 6.45) is 2.34.